The fraction of sp³-hybridized carbons (Fsp3) is 0.571. The third-order valence-electron chi connectivity index (χ3n) is 3.88. The lowest BCUT2D eigenvalue weighted by Gasteiger charge is -2.33. The van der Waals surface area contributed by atoms with Crippen LogP contribution in [0.25, 0.3) is 0 Å². The highest BCUT2D eigenvalue weighted by Crippen LogP contribution is 2.43. The first-order valence-corrected chi connectivity index (χ1v) is 5.97. The van der Waals surface area contributed by atoms with Crippen LogP contribution in [-0.2, 0) is 12.8 Å². The van der Waals surface area contributed by atoms with Gasteiger partial charge >= 0.3 is 0 Å². The van der Waals surface area contributed by atoms with Crippen molar-refractivity contribution in [1.82, 2.24) is 0 Å². The van der Waals surface area contributed by atoms with Crippen LogP contribution in [0.5, 0.6) is 0 Å². The molecule has 0 heterocycles. The van der Waals surface area contributed by atoms with E-state index in [9.17, 15) is 0 Å². The van der Waals surface area contributed by atoms with Gasteiger partial charge in [-0.2, -0.15) is 0 Å². The molecule has 0 N–H and O–H groups in total. The molecule has 15 heavy (non-hydrogen) atoms. The molecule has 1 atom stereocenters. The first-order valence-electron chi connectivity index (χ1n) is 5.97. The molecular formula is C14H19B. The Bertz CT molecular complexity index is 343. The molecule has 0 nitrogen and oxygen atoms in total. The predicted octanol–water partition coefficient (Wildman–Crippen LogP) is 3.55. The summed E-state index contributed by atoms with van der Waals surface area (Å²) in [5.74, 6) is 0.559. The third kappa shape index (κ3) is 2.11. The second-order valence-electron chi connectivity index (χ2n) is 5.19. The van der Waals surface area contributed by atoms with E-state index in [-0.39, 0.29) is 5.31 Å². The summed E-state index contributed by atoms with van der Waals surface area (Å²) in [6, 6.07) is 8.76. The summed E-state index contributed by atoms with van der Waals surface area (Å²) < 4.78 is 0. The highest BCUT2D eigenvalue weighted by atomic mass is 14.3. The summed E-state index contributed by atoms with van der Waals surface area (Å²) in [5.41, 5.74) is 2.97. The van der Waals surface area contributed by atoms with Gasteiger partial charge in [0.2, 0.25) is 0 Å². The van der Waals surface area contributed by atoms with Crippen molar-refractivity contribution in [2.24, 2.45) is 5.92 Å². The van der Waals surface area contributed by atoms with E-state index in [0.717, 1.165) is 12.8 Å². The van der Waals surface area contributed by atoms with Crippen LogP contribution in [-0.4, -0.2) is 7.85 Å². The molecule has 78 valence electrons. The molecule has 1 aliphatic carbocycles. The molecular weight excluding hydrogens is 179 g/mol. The van der Waals surface area contributed by atoms with Crippen molar-refractivity contribution in [2.75, 3.05) is 0 Å². The Morgan fingerprint density at radius 3 is 2.53 bits per heavy atom. The van der Waals surface area contributed by atoms with Gasteiger partial charge in [-0.3, -0.25) is 0 Å². The van der Waals surface area contributed by atoms with Gasteiger partial charge in [0.05, 0.1) is 7.85 Å². The van der Waals surface area contributed by atoms with E-state index in [1.807, 2.05) is 0 Å². The third-order valence-corrected chi connectivity index (χ3v) is 3.88. The second-order valence-corrected chi connectivity index (χ2v) is 5.19. The van der Waals surface area contributed by atoms with Crippen LogP contribution in [0, 0.1) is 5.92 Å². The van der Waals surface area contributed by atoms with Gasteiger partial charge in [-0.25, -0.2) is 0 Å². The summed E-state index contributed by atoms with van der Waals surface area (Å²) >= 11 is 0. The minimum atomic E-state index is 0.00655. The lowest BCUT2D eigenvalue weighted by molar-refractivity contribution is 0.381. The van der Waals surface area contributed by atoms with Gasteiger partial charge in [-0.05, 0) is 36.3 Å². The zero-order valence-electron chi connectivity index (χ0n) is 9.79. The van der Waals surface area contributed by atoms with E-state index >= 15 is 0 Å². The Morgan fingerprint density at radius 1 is 1.20 bits per heavy atom. The summed E-state index contributed by atoms with van der Waals surface area (Å²) in [7, 11) is 6.52. The normalized spacial score (nSPS) is 26.1. The van der Waals surface area contributed by atoms with E-state index in [2.05, 4.69) is 38.1 Å². The lowest BCUT2D eigenvalue weighted by Crippen LogP contribution is -2.22. The van der Waals surface area contributed by atoms with Crippen LogP contribution >= 0.6 is 0 Å². The molecule has 0 aromatic heterocycles. The van der Waals surface area contributed by atoms with Crippen molar-refractivity contribution in [1.29, 1.82) is 0 Å². The minimum Gasteiger partial charge on any atom is -0.0629 e. The molecule has 0 saturated heterocycles. The maximum atomic E-state index is 6.52. The molecule has 1 aromatic rings. The number of hydrogen-bond acceptors (Lipinski definition) is 0. The molecule has 0 bridgehead atoms. The fourth-order valence-corrected chi connectivity index (χ4v) is 2.52. The van der Waals surface area contributed by atoms with Crippen molar-refractivity contribution in [2.45, 2.75) is 44.8 Å². The maximum absolute atomic E-state index is 6.52. The molecule has 0 fully saturated rings. The molecule has 2 rings (SSSR count). The fourth-order valence-electron chi connectivity index (χ4n) is 2.52. The van der Waals surface area contributed by atoms with E-state index in [1.165, 1.54) is 24.0 Å². The van der Waals surface area contributed by atoms with E-state index in [4.69, 9.17) is 7.85 Å². The quantitative estimate of drug-likeness (QED) is 0.478. The molecule has 0 aliphatic heterocycles. The van der Waals surface area contributed by atoms with Crippen molar-refractivity contribution in [3.63, 3.8) is 0 Å². The minimum absolute atomic E-state index is 0.00655. The van der Waals surface area contributed by atoms with Gasteiger partial charge in [0, 0.05) is 0 Å². The zero-order valence-corrected chi connectivity index (χ0v) is 9.79. The lowest BCUT2D eigenvalue weighted by atomic mass is 9.57. The highest BCUT2D eigenvalue weighted by Gasteiger charge is 2.30. The van der Waals surface area contributed by atoms with Crippen molar-refractivity contribution >= 4 is 7.85 Å². The molecule has 0 amide bonds. The molecule has 2 radical (unpaired) electrons. The molecule has 0 spiro atoms. The summed E-state index contributed by atoms with van der Waals surface area (Å²) in [6.07, 6.45) is 4.62. The van der Waals surface area contributed by atoms with E-state index in [0.29, 0.717) is 5.92 Å². The summed E-state index contributed by atoms with van der Waals surface area (Å²) in [4.78, 5) is 0. The van der Waals surface area contributed by atoms with Gasteiger partial charge in [0.1, 0.15) is 0 Å². The monoisotopic (exact) mass is 198 g/mol. The van der Waals surface area contributed by atoms with E-state index < -0.39 is 0 Å². The Kier molecular flexibility index (Phi) is 2.90. The first-order chi connectivity index (χ1) is 7.12. The number of hydrogen-bond donors (Lipinski definition) is 0. The van der Waals surface area contributed by atoms with Crippen LogP contribution < -0.4 is 0 Å². The Hall–Kier alpha value is -0.715. The summed E-state index contributed by atoms with van der Waals surface area (Å²) in [6.45, 7) is 4.49. The average Bonchev–Trinajstić information content (AvgIpc) is 2.36. The summed E-state index contributed by atoms with van der Waals surface area (Å²) in [5, 5.41) is 0.00655. The average molecular weight is 198 g/mol. The number of benzene rings is 1. The number of rotatable bonds is 1. The Balaban J connectivity index is 2.32. The van der Waals surface area contributed by atoms with Crippen LogP contribution in [0.2, 0.25) is 5.31 Å². The molecule has 1 aromatic carbocycles. The first kappa shape index (κ1) is 10.8. The van der Waals surface area contributed by atoms with Crippen molar-refractivity contribution in [3.8, 4) is 0 Å². The standard InChI is InChI=1S/C14H19B/c1-11(2)14(15)9-5-8-12-6-3-4-7-13(12)10-14/h3-4,6-7,11H,5,8-10H2,1-2H3. The maximum Gasteiger partial charge on any atom is 0.0754 e. The van der Waals surface area contributed by atoms with Crippen LogP contribution in [0.4, 0.5) is 0 Å². The van der Waals surface area contributed by atoms with Crippen LogP contribution in [0.15, 0.2) is 24.3 Å². The smallest absolute Gasteiger partial charge is 0.0629 e. The molecule has 0 saturated carbocycles. The largest absolute Gasteiger partial charge is 0.0754 e. The van der Waals surface area contributed by atoms with E-state index in [1.54, 1.807) is 0 Å². The Labute approximate surface area is 94.5 Å². The van der Waals surface area contributed by atoms with Gasteiger partial charge in [0.15, 0.2) is 0 Å². The highest BCUT2D eigenvalue weighted by molar-refractivity contribution is 6.15. The Morgan fingerprint density at radius 2 is 1.87 bits per heavy atom. The van der Waals surface area contributed by atoms with Gasteiger partial charge in [-0.15, -0.1) is 0 Å². The molecule has 1 aliphatic rings. The topological polar surface area (TPSA) is 0 Å². The second kappa shape index (κ2) is 4.04. The molecule has 1 heteroatoms. The molecule has 1 unspecified atom stereocenters. The van der Waals surface area contributed by atoms with Gasteiger partial charge in [0.25, 0.3) is 0 Å². The van der Waals surface area contributed by atoms with Gasteiger partial charge in [-0.1, -0.05) is 49.8 Å². The zero-order chi connectivity index (χ0) is 10.9. The van der Waals surface area contributed by atoms with Crippen molar-refractivity contribution in [3.05, 3.63) is 35.4 Å². The predicted molar refractivity (Wildman–Crippen MR) is 66.4 cm³/mol. The van der Waals surface area contributed by atoms with Crippen molar-refractivity contribution < 1.29 is 0 Å². The number of aryl methyl sites for hydroxylation is 1. The SMILES string of the molecule is [B]C1(C(C)C)CCCc2ccccc2C1. The van der Waals surface area contributed by atoms with Crippen LogP contribution in [0.3, 0.4) is 0 Å². The number of fused-ring (bicyclic) bond motifs is 1. The van der Waals surface area contributed by atoms with Gasteiger partial charge < -0.3 is 0 Å². The van der Waals surface area contributed by atoms with Crippen LogP contribution in [0.1, 0.15) is 37.8 Å².